The Kier molecular flexibility index (Phi) is 8.16. The molecule has 0 unspecified atom stereocenters. The van der Waals surface area contributed by atoms with Crippen LogP contribution in [0.15, 0.2) is 121 Å². The average Bonchev–Trinajstić information content (AvgIpc) is 3.91. The van der Waals surface area contributed by atoms with Crippen LogP contribution in [0.1, 0.15) is 52.2 Å². The molecule has 0 radical (unpaired) electrons. The number of anilines is 3. The fourth-order valence-electron chi connectivity index (χ4n) is 9.18. The molecule has 0 saturated carbocycles. The van der Waals surface area contributed by atoms with E-state index in [1.165, 1.54) is 0 Å². The van der Waals surface area contributed by atoms with Gasteiger partial charge >= 0.3 is 0 Å². The van der Waals surface area contributed by atoms with Crippen molar-refractivity contribution in [2.24, 2.45) is 5.92 Å². The molecule has 1 spiro atoms. The molecule has 10 nitrogen and oxygen atoms in total. The highest BCUT2D eigenvalue weighted by Crippen LogP contribution is 2.60. The van der Waals surface area contributed by atoms with Gasteiger partial charge in [-0.25, -0.2) is 0 Å². The van der Waals surface area contributed by atoms with Crippen LogP contribution in [0.5, 0.6) is 0 Å². The molecule has 3 aliphatic heterocycles. The second-order valence-corrected chi connectivity index (χ2v) is 19.2. The molecule has 2 N–H and O–H groups in total. The number of hydrogen-bond donors (Lipinski definition) is 2. The quantitative estimate of drug-likeness (QED) is 0.150. The van der Waals surface area contributed by atoms with E-state index in [0.717, 1.165) is 33.3 Å². The van der Waals surface area contributed by atoms with E-state index in [0.29, 0.717) is 42.0 Å². The minimum Gasteiger partial charge on any atom is -0.432 e. The molecule has 5 atom stereocenters. The Labute approximate surface area is 314 Å². The van der Waals surface area contributed by atoms with Gasteiger partial charge in [-0.3, -0.25) is 19.2 Å². The molecule has 1 fully saturated rings. The van der Waals surface area contributed by atoms with Crippen molar-refractivity contribution in [3.63, 3.8) is 0 Å². The maximum atomic E-state index is 15.1. The van der Waals surface area contributed by atoms with E-state index >= 15 is 4.79 Å². The molecule has 6 aromatic rings. The molecule has 2 amide bonds. The highest BCUT2D eigenvalue weighted by molar-refractivity contribution is 6.71. The first-order valence-corrected chi connectivity index (χ1v) is 21.5. The van der Waals surface area contributed by atoms with Crippen LogP contribution in [0.25, 0.3) is 10.8 Å². The van der Waals surface area contributed by atoms with Gasteiger partial charge in [0.1, 0.15) is 11.8 Å². The fraction of sp³-hybridized carbons (Fsp3) is 0.256. The Balaban J connectivity index is 1.10. The van der Waals surface area contributed by atoms with Crippen molar-refractivity contribution in [3.05, 3.63) is 149 Å². The molecular weight excluding hydrogens is 695 g/mol. The Morgan fingerprint density at radius 1 is 0.889 bits per heavy atom. The molecule has 272 valence electrons. The third-order valence-corrected chi connectivity index (χ3v) is 14.1. The molecule has 1 saturated heterocycles. The Morgan fingerprint density at radius 3 is 2.35 bits per heavy atom. The number of nitrogens with zero attached hydrogens (tertiary/aromatic N) is 5. The summed E-state index contributed by atoms with van der Waals surface area (Å²) < 4.78 is 8.83. The van der Waals surface area contributed by atoms with Crippen molar-refractivity contribution in [2.75, 3.05) is 9.80 Å². The van der Waals surface area contributed by atoms with E-state index in [4.69, 9.17) is 4.74 Å². The number of aromatic nitrogens is 3. The van der Waals surface area contributed by atoms with Crippen molar-refractivity contribution < 1.29 is 24.2 Å². The second-order valence-electron chi connectivity index (χ2n) is 15.3. The van der Waals surface area contributed by atoms with Crippen LogP contribution >= 0.6 is 0 Å². The zero-order chi connectivity index (χ0) is 37.4. The summed E-state index contributed by atoms with van der Waals surface area (Å²) in [6, 6.07) is 36.7. The monoisotopic (exact) mass is 735 g/mol. The first kappa shape index (κ1) is 34.3. The molecule has 0 aliphatic carbocycles. The third kappa shape index (κ3) is 5.33. The normalized spacial score (nSPS) is 22.5. The Bertz CT molecular complexity index is 2410. The lowest BCUT2D eigenvalue weighted by atomic mass is 9.82. The fourth-order valence-corrected chi connectivity index (χ4v) is 11.8. The highest BCUT2D eigenvalue weighted by atomic mass is 28.4. The van der Waals surface area contributed by atoms with Crippen molar-refractivity contribution >= 4 is 48.0 Å². The van der Waals surface area contributed by atoms with Crippen molar-refractivity contribution in [1.82, 2.24) is 15.0 Å². The van der Waals surface area contributed by atoms with Gasteiger partial charge in [-0.2, -0.15) is 0 Å². The van der Waals surface area contributed by atoms with Crippen LogP contribution in [0.4, 0.5) is 17.1 Å². The van der Waals surface area contributed by atoms with Gasteiger partial charge in [0.25, 0.3) is 11.8 Å². The maximum absolute atomic E-state index is 15.1. The van der Waals surface area contributed by atoms with Gasteiger partial charge < -0.3 is 19.5 Å². The Morgan fingerprint density at radius 2 is 1.61 bits per heavy atom. The number of carbonyl (C=O) groups is 2. The molecule has 4 heterocycles. The lowest BCUT2D eigenvalue weighted by Crippen LogP contribution is -2.46. The van der Waals surface area contributed by atoms with Crippen molar-refractivity contribution in [3.8, 4) is 0 Å². The summed E-state index contributed by atoms with van der Waals surface area (Å²) in [5.74, 6) is -0.688. The van der Waals surface area contributed by atoms with Gasteiger partial charge in [-0.05, 0) is 66.4 Å². The highest BCUT2D eigenvalue weighted by Gasteiger charge is 2.66. The lowest BCUT2D eigenvalue weighted by Gasteiger charge is -2.32. The number of aryl methyl sites for hydroxylation is 1. The van der Waals surface area contributed by atoms with E-state index < -0.39 is 32.0 Å². The average molecular weight is 736 g/mol. The van der Waals surface area contributed by atoms with Gasteiger partial charge in [-0.1, -0.05) is 97.1 Å². The van der Waals surface area contributed by atoms with Gasteiger partial charge in [0, 0.05) is 34.6 Å². The zero-order valence-electron chi connectivity index (χ0n) is 30.3. The number of carbonyl (C=O) groups excluding carboxylic acids is 2. The minimum atomic E-state index is -2.96. The number of rotatable bonds is 9. The molecular formula is C43H41N5O5Si. The van der Waals surface area contributed by atoms with Crippen LogP contribution in [-0.4, -0.2) is 51.1 Å². The number of aliphatic hydroxyl groups is 1. The van der Waals surface area contributed by atoms with E-state index in [2.05, 4.69) is 10.3 Å². The second kappa shape index (κ2) is 12.8. The topological polar surface area (TPSA) is 121 Å². The summed E-state index contributed by atoms with van der Waals surface area (Å²) in [7, 11) is -2.96. The largest absolute Gasteiger partial charge is 0.432 e. The standard InChI is InChI=1S/C43H41N5O5Si/c1-27-40(54(2,3)52)37(22-23-46-26-34(44-45-46)39(49)30-14-8-5-9-15-30)53-43(27)33-24-31(20-21-35(33)47(42(43)51)25-28-12-6-4-7-13-28)48-36-19-11-17-29-16-10-18-32(38(29)36)41(48)50/h4-21,24,26-27,37,39-40,49,52H,22-23,25H2,1-3H3/t27-,37+,39-,40-,43+/m1/s1. The summed E-state index contributed by atoms with van der Waals surface area (Å²) >= 11 is 0. The number of benzene rings is 5. The molecule has 11 heteroatoms. The summed E-state index contributed by atoms with van der Waals surface area (Å²) in [6.07, 6.45) is 0.794. The summed E-state index contributed by atoms with van der Waals surface area (Å²) in [5, 5.41) is 21.4. The first-order valence-electron chi connectivity index (χ1n) is 18.5. The summed E-state index contributed by atoms with van der Waals surface area (Å²) in [5.41, 5.74) is 3.96. The molecule has 5 aromatic carbocycles. The summed E-state index contributed by atoms with van der Waals surface area (Å²) in [4.78, 5) is 44.6. The van der Waals surface area contributed by atoms with E-state index in [1.54, 1.807) is 20.7 Å². The van der Waals surface area contributed by atoms with Crippen LogP contribution in [0, 0.1) is 5.92 Å². The van der Waals surface area contributed by atoms with E-state index in [1.807, 2.05) is 135 Å². The molecule has 1 aromatic heterocycles. The number of fused-ring (bicyclic) bond motifs is 2. The summed E-state index contributed by atoms with van der Waals surface area (Å²) in [6.45, 7) is 6.59. The lowest BCUT2D eigenvalue weighted by molar-refractivity contribution is -0.146. The molecule has 54 heavy (non-hydrogen) atoms. The van der Waals surface area contributed by atoms with Gasteiger partial charge in [0.15, 0.2) is 13.9 Å². The van der Waals surface area contributed by atoms with E-state index in [-0.39, 0.29) is 17.4 Å². The van der Waals surface area contributed by atoms with Gasteiger partial charge in [-0.15, -0.1) is 5.10 Å². The van der Waals surface area contributed by atoms with Crippen molar-refractivity contribution in [1.29, 1.82) is 0 Å². The molecule has 3 aliphatic rings. The SMILES string of the molecule is C[C@@H]1[C@@H]([Si](C)(C)O)[C@H](CCn2cc([C@H](O)c3ccccc3)nn2)O[C@@]12C(=O)N(Cc1ccccc1)c1ccc(N3C(=O)c4cccc5cccc3c45)cc12. The van der Waals surface area contributed by atoms with E-state index in [9.17, 15) is 14.7 Å². The van der Waals surface area contributed by atoms with Crippen LogP contribution < -0.4 is 9.80 Å². The predicted molar refractivity (Wildman–Crippen MR) is 209 cm³/mol. The van der Waals surface area contributed by atoms with Gasteiger partial charge in [0.2, 0.25) is 0 Å². The van der Waals surface area contributed by atoms with Crippen LogP contribution in [0.3, 0.4) is 0 Å². The number of ether oxygens (including phenoxy) is 1. The number of hydrogen-bond acceptors (Lipinski definition) is 7. The number of aliphatic hydroxyl groups excluding tert-OH is 1. The van der Waals surface area contributed by atoms with Crippen LogP contribution in [-0.2, 0) is 28.2 Å². The third-order valence-electron chi connectivity index (χ3n) is 11.6. The first-order chi connectivity index (χ1) is 26.1. The smallest absolute Gasteiger partial charge is 0.264 e. The Hall–Kier alpha value is -5.46. The van der Waals surface area contributed by atoms with Crippen molar-refractivity contribution in [2.45, 2.75) is 62.9 Å². The maximum Gasteiger partial charge on any atom is 0.264 e. The van der Waals surface area contributed by atoms with Gasteiger partial charge in [0.05, 0.1) is 35.8 Å². The molecule has 9 rings (SSSR count). The molecule has 0 bridgehead atoms. The minimum absolute atomic E-state index is 0.120. The predicted octanol–water partition coefficient (Wildman–Crippen LogP) is 7.24. The number of amides is 2. The zero-order valence-corrected chi connectivity index (χ0v) is 31.3. The van der Waals surface area contributed by atoms with Crippen LogP contribution in [0.2, 0.25) is 18.6 Å².